The lowest BCUT2D eigenvalue weighted by molar-refractivity contribution is -0.0612. The maximum Gasteiger partial charge on any atom is 0.280 e. The van der Waals surface area contributed by atoms with Crippen LogP contribution in [0.15, 0.2) is 11.1 Å². The van der Waals surface area contributed by atoms with Crippen molar-refractivity contribution in [2.24, 2.45) is 0 Å². The van der Waals surface area contributed by atoms with Gasteiger partial charge in [0.25, 0.3) is 5.56 Å². The normalized spacial score (nSPS) is 28.5. The molecule has 4 atom stereocenters. The van der Waals surface area contributed by atoms with Gasteiger partial charge in [-0.05, 0) is 0 Å². The highest BCUT2D eigenvalue weighted by molar-refractivity contribution is 5.70. The number of nitrogens with one attached hydrogen (secondary N) is 1. The summed E-state index contributed by atoms with van der Waals surface area (Å²) in [6.45, 7) is 0.259. The standard InChI is InChI=1S/C12H17N5O5/c1-20-3-5-8(21-2)7(18)11(22-5)17-4-14-6-9(17)15-12(13)16-10(6)19/h4-5,7-8,11,18H,3H2,1-2H3,(H3,13,15,16,19). The molecule has 0 spiro atoms. The number of methoxy groups -OCH3 is 2. The molecule has 1 fully saturated rings. The second kappa shape index (κ2) is 5.65. The van der Waals surface area contributed by atoms with Crippen LogP contribution in [0.1, 0.15) is 6.23 Å². The minimum Gasteiger partial charge on any atom is -0.386 e. The molecule has 0 amide bonds. The summed E-state index contributed by atoms with van der Waals surface area (Å²) < 4.78 is 17.6. The van der Waals surface area contributed by atoms with Gasteiger partial charge in [-0.2, -0.15) is 4.98 Å². The summed E-state index contributed by atoms with van der Waals surface area (Å²) in [6, 6.07) is 0. The molecular formula is C12H17N5O5. The number of aliphatic hydroxyl groups is 1. The first kappa shape index (κ1) is 14.9. The number of fused-ring (bicyclic) bond motifs is 1. The van der Waals surface area contributed by atoms with Crippen LogP contribution in [0.2, 0.25) is 0 Å². The largest absolute Gasteiger partial charge is 0.386 e. The van der Waals surface area contributed by atoms with Gasteiger partial charge in [0.2, 0.25) is 5.95 Å². The number of aromatic nitrogens is 4. The number of rotatable bonds is 4. The van der Waals surface area contributed by atoms with Gasteiger partial charge < -0.3 is 25.1 Å². The highest BCUT2D eigenvalue weighted by Gasteiger charge is 2.45. The van der Waals surface area contributed by atoms with Crippen LogP contribution in [-0.2, 0) is 14.2 Å². The minimum absolute atomic E-state index is 0.0385. The van der Waals surface area contributed by atoms with Crippen LogP contribution in [0.5, 0.6) is 0 Å². The van der Waals surface area contributed by atoms with Crippen LogP contribution in [0.25, 0.3) is 11.2 Å². The number of hydrogen-bond acceptors (Lipinski definition) is 8. The fraction of sp³-hybridized carbons (Fsp3) is 0.583. The van der Waals surface area contributed by atoms with Crippen LogP contribution in [0.3, 0.4) is 0 Å². The molecule has 2 aromatic heterocycles. The zero-order valence-electron chi connectivity index (χ0n) is 12.1. The first-order chi connectivity index (χ1) is 10.6. The highest BCUT2D eigenvalue weighted by atomic mass is 16.6. The van der Waals surface area contributed by atoms with Crippen LogP contribution in [0.4, 0.5) is 5.95 Å². The van der Waals surface area contributed by atoms with Crippen molar-refractivity contribution in [2.45, 2.75) is 24.5 Å². The molecule has 1 aliphatic heterocycles. The Hall–Kier alpha value is -2.01. The molecule has 22 heavy (non-hydrogen) atoms. The summed E-state index contributed by atoms with van der Waals surface area (Å²) in [5.41, 5.74) is 5.46. The van der Waals surface area contributed by atoms with Crippen molar-refractivity contribution in [1.29, 1.82) is 0 Å². The molecule has 0 aromatic carbocycles. The molecule has 120 valence electrons. The predicted molar refractivity (Wildman–Crippen MR) is 75.2 cm³/mol. The van der Waals surface area contributed by atoms with Crippen molar-refractivity contribution in [2.75, 3.05) is 26.6 Å². The molecule has 4 unspecified atom stereocenters. The fourth-order valence-corrected chi connectivity index (χ4v) is 2.67. The molecule has 4 N–H and O–H groups in total. The van der Waals surface area contributed by atoms with Crippen LogP contribution < -0.4 is 11.3 Å². The molecule has 0 radical (unpaired) electrons. The number of nitrogens with zero attached hydrogens (tertiary/aromatic N) is 3. The van der Waals surface area contributed by atoms with E-state index in [9.17, 15) is 9.90 Å². The number of imidazole rings is 1. The molecule has 0 aliphatic carbocycles. The monoisotopic (exact) mass is 311 g/mol. The number of nitrogens with two attached hydrogens (primary N) is 1. The quantitative estimate of drug-likeness (QED) is 0.628. The summed E-state index contributed by atoms with van der Waals surface area (Å²) in [7, 11) is 3.01. The van der Waals surface area contributed by atoms with E-state index in [-0.39, 0.29) is 23.7 Å². The van der Waals surface area contributed by atoms with Crippen molar-refractivity contribution in [1.82, 2.24) is 19.5 Å². The van der Waals surface area contributed by atoms with E-state index in [1.165, 1.54) is 25.1 Å². The molecule has 3 heterocycles. The highest BCUT2D eigenvalue weighted by Crippen LogP contribution is 2.32. The number of aliphatic hydroxyl groups excluding tert-OH is 1. The van der Waals surface area contributed by atoms with E-state index < -0.39 is 30.1 Å². The maximum atomic E-state index is 11.8. The Kier molecular flexibility index (Phi) is 3.83. The van der Waals surface area contributed by atoms with E-state index in [0.717, 1.165) is 0 Å². The lowest BCUT2D eigenvalue weighted by Gasteiger charge is -2.18. The van der Waals surface area contributed by atoms with Crippen molar-refractivity contribution in [3.05, 3.63) is 16.7 Å². The third-order valence-corrected chi connectivity index (χ3v) is 3.64. The van der Waals surface area contributed by atoms with Gasteiger partial charge in [0.15, 0.2) is 17.4 Å². The number of nitrogen functional groups attached to an aromatic ring is 1. The average Bonchev–Trinajstić information content (AvgIpc) is 3.01. The molecule has 10 heteroatoms. The molecule has 1 saturated heterocycles. The Morgan fingerprint density at radius 2 is 2.32 bits per heavy atom. The molecule has 0 saturated carbocycles. The zero-order chi connectivity index (χ0) is 15.9. The summed E-state index contributed by atoms with van der Waals surface area (Å²) >= 11 is 0. The molecule has 0 bridgehead atoms. The first-order valence-corrected chi connectivity index (χ1v) is 6.64. The maximum absolute atomic E-state index is 11.8. The smallest absolute Gasteiger partial charge is 0.280 e. The third kappa shape index (κ3) is 2.25. The van der Waals surface area contributed by atoms with Gasteiger partial charge in [-0.15, -0.1) is 0 Å². The number of H-pyrrole nitrogens is 1. The van der Waals surface area contributed by atoms with Gasteiger partial charge in [-0.1, -0.05) is 0 Å². The van der Waals surface area contributed by atoms with Crippen molar-refractivity contribution >= 4 is 17.1 Å². The van der Waals surface area contributed by atoms with E-state index >= 15 is 0 Å². The second-order valence-corrected chi connectivity index (χ2v) is 4.99. The zero-order valence-corrected chi connectivity index (χ0v) is 12.1. The van der Waals surface area contributed by atoms with E-state index in [2.05, 4.69) is 15.0 Å². The van der Waals surface area contributed by atoms with E-state index in [1.807, 2.05) is 0 Å². The lowest BCUT2D eigenvalue weighted by atomic mass is 10.1. The Balaban J connectivity index is 2.02. The number of anilines is 1. The molecule has 3 rings (SSSR count). The molecule has 2 aromatic rings. The number of ether oxygens (including phenoxy) is 3. The van der Waals surface area contributed by atoms with Crippen molar-refractivity contribution in [3.63, 3.8) is 0 Å². The van der Waals surface area contributed by atoms with Crippen LogP contribution in [-0.4, -0.2) is 63.8 Å². The first-order valence-electron chi connectivity index (χ1n) is 6.64. The van der Waals surface area contributed by atoms with E-state index in [1.54, 1.807) is 0 Å². The topological polar surface area (TPSA) is 138 Å². The van der Waals surface area contributed by atoms with Gasteiger partial charge >= 0.3 is 0 Å². The molecular weight excluding hydrogens is 294 g/mol. The van der Waals surface area contributed by atoms with E-state index in [0.29, 0.717) is 0 Å². The third-order valence-electron chi connectivity index (χ3n) is 3.64. The molecule has 10 nitrogen and oxygen atoms in total. The fourth-order valence-electron chi connectivity index (χ4n) is 2.67. The second-order valence-electron chi connectivity index (χ2n) is 4.99. The Bertz CT molecular complexity index is 728. The summed E-state index contributed by atoms with van der Waals surface area (Å²) in [4.78, 5) is 22.2. The SMILES string of the molecule is COCC1OC(n2cnc3c(=O)[nH]c(N)nc32)C(O)C1OC. The van der Waals surface area contributed by atoms with Crippen molar-refractivity contribution < 1.29 is 19.3 Å². The van der Waals surface area contributed by atoms with Gasteiger partial charge in [0, 0.05) is 14.2 Å². The predicted octanol–water partition coefficient (Wildman–Crippen LogP) is -1.38. The Labute approximate surface area is 124 Å². The average molecular weight is 311 g/mol. The van der Waals surface area contributed by atoms with Gasteiger partial charge in [-0.3, -0.25) is 14.3 Å². The lowest BCUT2D eigenvalue weighted by Crippen LogP contribution is -2.35. The van der Waals surface area contributed by atoms with Crippen LogP contribution in [0, 0.1) is 0 Å². The summed E-state index contributed by atoms with van der Waals surface area (Å²) in [6.07, 6.45) is -1.41. The number of hydrogen-bond donors (Lipinski definition) is 3. The summed E-state index contributed by atoms with van der Waals surface area (Å²) in [5, 5.41) is 10.4. The van der Waals surface area contributed by atoms with Gasteiger partial charge in [0.1, 0.15) is 18.3 Å². The Morgan fingerprint density at radius 1 is 1.55 bits per heavy atom. The van der Waals surface area contributed by atoms with Crippen molar-refractivity contribution in [3.8, 4) is 0 Å². The minimum atomic E-state index is -0.968. The van der Waals surface area contributed by atoms with Crippen LogP contribution >= 0.6 is 0 Å². The van der Waals surface area contributed by atoms with Gasteiger partial charge in [-0.25, -0.2) is 4.98 Å². The number of aromatic amines is 1. The van der Waals surface area contributed by atoms with Gasteiger partial charge in [0.05, 0.1) is 12.9 Å². The summed E-state index contributed by atoms with van der Waals surface area (Å²) in [5.74, 6) is -0.0385. The molecule has 1 aliphatic rings. The van der Waals surface area contributed by atoms with E-state index in [4.69, 9.17) is 19.9 Å². The Morgan fingerprint density at radius 3 is 3.00 bits per heavy atom.